The molecule has 0 saturated heterocycles. The SMILES string of the molecule is O=C(CCc1cc(F)ccc1F)NC(C(=O)O)C1CC1. The predicted octanol–water partition coefficient (Wildman–Crippen LogP) is 1.88. The van der Waals surface area contributed by atoms with Gasteiger partial charge in [-0.3, -0.25) is 4.79 Å². The van der Waals surface area contributed by atoms with Crippen molar-refractivity contribution in [3.8, 4) is 0 Å². The zero-order valence-corrected chi connectivity index (χ0v) is 10.7. The number of aliphatic carboxylic acids is 1. The highest BCUT2D eigenvalue weighted by Crippen LogP contribution is 2.32. The number of carbonyl (C=O) groups excluding carboxylic acids is 1. The average molecular weight is 283 g/mol. The first-order chi connectivity index (χ1) is 9.47. The summed E-state index contributed by atoms with van der Waals surface area (Å²) >= 11 is 0. The second kappa shape index (κ2) is 5.98. The normalized spacial score (nSPS) is 15.7. The lowest BCUT2D eigenvalue weighted by molar-refractivity contribution is -0.142. The Morgan fingerprint density at radius 2 is 2.05 bits per heavy atom. The Morgan fingerprint density at radius 1 is 1.35 bits per heavy atom. The molecule has 0 heterocycles. The minimum atomic E-state index is -1.06. The second-order valence-corrected chi connectivity index (χ2v) is 4.96. The number of carbonyl (C=O) groups is 2. The standard InChI is InChI=1S/C14H15F2NO3/c15-10-4-5-11(16)9(7-10)3-6-12(18)17-13(14(19)20)8-1-2-8/h4-5,7-8,13H,1-3,6H2,(H,17,18)(H,19,20). The van der Waals surface area contributed by atoms with Gasteiger partial charge in [-0.25, -0.2) is 13.6 Å². The molecule has 20 heavy (non-hydrogen) atoms. The molecule has 2 rings (SSSR count). The summed E-state index contributed by atoms with van der Waals surface area (Å²) in [6.07, 6.45) is 1.54. The number of aryl methyl sites for hydroxylation is 1. The van der Waals surface area contributed by atoms with E-state index in [-0.39, 0.29) is 24.3 Å². The van der Waals surface area contributed by atoms with Gasteiger partial charge in [0, 0.05) is 6.42 Å². The Morgan fingerprint density at radius 3 is 2.65 bits per heavy atom. The third kappa shape index (κ3) is 3.76. The van der Waals surface area contributed by atoms with E-state index in [0.29, 0.717) is 0 Å². The molecule has 0 radical (unpaired) electrons. The molecular formula is C14H15F2NO3. The molecule has 1 saturated carbocycles. The topological polar surface area (TPSA) is 66.4 Å². The Labute approximate surface area is 114 Å². The fourth-order valence-electron chi connectivity index (χ4n) is 2.04. The molecule has 108 valence electrons. The van der Waals surface area contributed by atoms with E-state index in [0.717, 1.165) is 31.0 Å². The monoisotopic (exact) mass is 283 g/mol. The lowest BCUT2D eigenvalue weighted by Crippen LogP contribution is -2.42. The van der Waals surface area contributed by atoms with Crippen LogP contribution in [0.5, 0.6) is 0 Å². The van der Waals surface area contributed by atoms with Crippen LogP contribution >= 0.6 is 0 Å². The molecule has 6 heteroatoms. The Bertz CT molecular complexity index is 529. The van der Waals surface area contributed by atoms with Crippen LogP contribution in [0, 0.1) is 17.6 Å². The van der Waals surface area contributed by atoms with Gasteiger partial charge in [-0.05, 0) is 48.9 Å². The summed E-state index contributed by atoms with van der Waals surface area (Å²) in [5.41, 5.74) is 0.110. The fourth-order valence-corrected chi connectivity index (χ4v) is 2.04. The van der Waals surface area contributed by atoms with E-state index in [1.54, 1.807) is 0 Å². The highest BCUT2D eigenvalue weighted by atomic mass is 19.1. The second-order valence-electron chi connectivity index (χ2n) is 4.96. The molecule has 0 aromatic heterocycles. The Kier molecular flexibility index (Phi) is 4.32. The third-order valence-corrected chi connectivity index (χ3v) is 3.31. The molecule has 2 N–H and O–H groups in total. The summed E-state index contributed by atoms with van der Waals surface area (Å²) in [5, 5.41) is 11.4. The van der Waals surface area contributed by atoms with Crippen LogP contribution in [0.15, 0.2) is 18.2 Å². The van der Waals surface area contributed by atoms with Gasteiger partial charge in [0.15, 0.2) is 0 Å². The Balaban J connectivity index is 1.88. The lowest BCUT2D eigenvalue weighted by Gasteiger charge is -2.13. The first kappa shape index (κ1) is 14.4. The number of hydrogen-bond donors (Lipinski definition) is 2. The summed E-state index contributed by atoms with van der Waals surface area (Å²) in [4.78, 5) is 22.6. The number of nitrogens with one attached hydrogen (secondary N) is 1. The van der Waals surface area contributed by atoms with Gasteiger partial charge < -0.3 is 10.4 Å². The molecule has 0 aliphatic heterocycles. The molecule has 1 amide bonds. The minimum absolute atomic E-state index is 0.0117. The van der Waals surface area contributed by atoms with Crippen LogP contribution in [-0.2, 0) is 16.0 Å². The number of hydrogen-bond acceptors (Lipinski definition) is 2. The van der Waals surface area contributed by atoms with Gasteiger partial charge >= 0.3 is 5.97 Å². The van der Waals surface area contributed by atoms with Crippen molar-refractivity contribution in [1.29, 1.82) is 0 Å². The minimum Gasteiger partial charge on any atom is -0.480 e. The van der Waals surface area contributed by atoms with E-state index in [1.165, 1.54) is 0 Å². The van der Waals surface area contributed by atoms with Crippen molar-refractivity contribution in [2.45, 2.75) is 31.7 Å². The van der Waals surface area contributed by atoms with Crippen molar-refractivity contribution in [2.24, 2.45) is 5.92 Å². The van der Waals surface area contributed by atoms with Crippen molar-refractivity contribution in [1.82, 2.24) is 5.32 Å². The van der Waals surface area contributed by atoms with Crippen molar-refractivity contribution in [3.05, 3.63) is 35.4 Å². The van der Waals surface area contributed by atoms with Crippen LogP contribution in [0.25, 0.3) is 0 Å². The Hall–Kier alpha value is -1.98. The van der Waals surface area contributed by atoms with E-state index in [1.807, 2.05) is 0 Å². The summed E-state index contributed by atoms with van der Waals surface area (Å²) in [6, 6.07) is 2.18. The van der Waals surface area contributed by atoms with Gasteiger partial charge in [0.2, 0.25) is 5.91 Å². The van der Waals surface area contributed by atoms with Crippen molar-refractivity contribution < 1.29 is 23.5 Å². The highest BCUT2D eigenvalue weighted by molar-refractivity contribution is 5.84. The summed E-state index contributed by atoms with van der Waals surface area (Å²) in [6.45, 7) is 0. The third-order valence-electron chi connectivity index (χ3n) is 3.31. The number of halogens is 2. The van der Waals surface area contributed by atoms with Gasteiger partial charge in [0.1, 0.15) is 17.7 Å². The van der Waals surface area contributed by atoms with E-state index in [9.17, 15) is 18.4 Å². The zero-order chi connectivity index (χ0) is 14.7. The number of rotatable bonds is 6. The van der Waals surface area contributed by atoms with Crippen LogP contribution in [-0.4, -0.2) is 23.0 Å². The van der Waals surface area contributed by atoms with Crippen LogP contribution in [0.3, 0.4) is 0 Å². The van der Waals surface area contributed by atoms with Crippen LogP contribution < -0.4 is 5.32 Å². The quantitative estimate of drug-likeness (QED) is 0.837. The maximum Gasteiger partial charge on any atom is 0.326 e. The van der Waals surface area contributed by atoms with Crippen LogP contribution in [0.1, 0.15) is 24.8 Å². The number of carboxylic acid groups (broad SMARTS) is 1. The predicted molar refractivity (Wildman–Crippen MR) is 67.0 cm³/mol. The lowest BCUT2D eigenvalue weighted by atomic mass is 10.1. The molecule has 1 aromatic rings. The molecule has 1 unspecified atom stereocenters. The first-order valence-electron chi connectivity index (χ1n) is 6.43. The average Bonchev–Trinajstić information content (AvgIpc) is 3.21. The molecule has 0 spiro atoms. The highest BCUT2D eigenvalue weighted by Gasteiger charge is 2.37. The fraction of sp³-hybridized carbons (Fsp3) is 0.429. The summed E-state index contributed by atoms with van der Waals surface area (Å²) < 4.78 is 26.3. The van der Waals surface area contributed by atoms with Gasteiger partial charge in [0.25, 0.3) is 0 Å². The van der Waals surface area contributed by atoms with Gasteiger partial charge in [-0.15, -0.1) is 0 Å². The van der Waals surface area contributed by atoms with Crippen molar-refractivity contribution in [3.63, 3.8) is 0 Å². The largest absolute Gasteiger partial charge is 0.480 e. The van der Waals surface area contributed by atoms with E-state index < -0.39 is 29.6 Å². The maximum absolute atomic E-state index is 13.4. The van der Waals surface area contributed by atoms with Crippen LogP contribution in [0.2, 0.25) is 0 Å². The molecule has 1 aromatic carbocycles. The number of carboxylic acids is 1. The number of amides is 1. The molecule has 1 aliphatic carbocycles. The molecule has 1 atom stereocenters. The number of benzene rings is 1. The van der Waals surface area contributed by atoms with E-state index in [2.05, 4.69) is 5.32 Å². The van der Waals surface area contributed by atoms with Crippen LogP contribution in [0.4, 0.5) is 8.78 Å². The van der Waals surface area contributed by atoms with Gasteiger partial charge in [-0.2, -0.15) is 0 Å². The van der Waals surface area contributed by atoms with Crippen molar-refractivity contribution >= 4 is 11.9 Å². The van der Waals surface area contributed by atoms with Gasteiger partial charge in [-0.1, -0.05) is 0 Å². The molecule has 0 bridgehead atoms. The summed E-state index contributed by atoms with van der Waals surface area (Å²) in [7, 11) is 0. The maximum atomic E-state index is 13.4. The zero-order valence-electron chi connectivity index (χ0n) is 10.7. The summed E-state index contributed by atoms with van der Waals surface area (Å²) in [5.74, 6) is -2.67. The van der Waals surface area contributed by atoms with Crippen molar-refractivity contribution in [2.75, 3.05) is 0 Å². The smallest absolute Gasteiger partial charge is 0.326 e. The van der Waals surface area contributed by atoms with Gasteiger partial charge in [0.05, 0.1) is 0 Å². The molecule has 1 aliphatic rings. The van der Waals surface area contributed by atoms with E-state index >= 15 is 0 Å². The molecule has 1 fully saturated rings. The van der Waals surface area contributed by atoms with E-state index in [4.69, 9.17) is 5.11 Å². The first-order valence-corrected chi connectivity index (χ1v) is 6.43. The molecular weight excluding hydrogens is 268 g/mol. The molecule has 4 nitrogen and oxygen atoms in total.